The molecule has 11 heteroatoms. The number of piperidine rings is 1. The second-order valence-corrected chi connectivity index (χ2v) is 12.3. The highest BCUT2D eigenvalue weighted by molar-refractivity contribution is 7.89. The lowest BCUT2D eigenvalue weighted by molar-refractivity contribution is -0.140. The number of aromatic nitrogens is 1. The SMILES string of the molecule is COc1cc(C)c(S(=O)(=O)N2CCN(CCOCC(=O)N3CCC(O)(c4cccnc4)CC3)CC2)c(C)c1C. The monoisotopic (exact) mass is 560 g/mol. The summed E-state index contributed by atoms with van der Waals surface area (Å²) in [5.41, 5.74) is 2.07. The first-order valence-electron chi connectivity index (χ1n) is 13.4. The van der Waals surface area contributed by atoms with Gasteiger partial charge < -0.3 is 19.5 Å². The minimum atomic E-state index is -3.62. The molecule has 0 spiro atoms. The molecule has 0 aliphatic carbocycles. The third-order valence-electron chi connectivity index (χ3n) is 8.05. The summed E-state index contributed by atoms with van der Waals surface area (Å²) in [6.07, 6.45) is 4.28. The number of benzene rings is 1. The maximum absolute atomic E-state index is 13.5. The van der Waals surface area contributed by atoms with Crippen molar-refractivity contribution in [3.8, 4) is 5.75 Å². The van der Waals surface area contributed by atoms with Crippen LogP contribution in [0.25, 0.3) is 0 Å². The van der Waals surface area contributed by atoms with Crippen molar-refractivity contribution in [2.75, 3.05) is 66.1 Å². The van der Waals surface area contributed by atoms with E-state index < -0.39 is 15.6 Å². The molecule has 10 nitrogen and oxygen atoms in total. The van der Waals surface area contributed by atoms with E-state index in [9.17, 15) is 18.3 Å². The van der Waals surface area contributed by atoms with Crippen molar-refractivity contribution >= 4 is 15.9 Å². The number of carbonyl (C=O) groups excluding carboxylic acids is 1. The summed E-state index contributed by atoms with van der Waals surface area (Å²) >= 11 is 0. The Bertz CT molecular complexity index is 1250. The zero-order chi connectivity index (χ0) is 28.2. The minimum absolute atomic E-state index is 0.00492. The number of likely N-dealkylation sites (tertiary alicyclic amines) is 1. The number of aliphatic hydroxyl groups is 1. The normalized spacial score (nSPS) is 18.7. The van der Waals surface area contributed by atoms with Crippen LogP contribution in [0.1, 0.15) is 35.1 Å². The molecule has 0 bridgehead atoms. The van der Waals surface area contributed by atoms with Crippen LogP contribution in [0, 0.1) is 20.8 Å². The fourth-order valence-corrected chi connectivity index (χ4v) is 7.36. The number of amides is 1. The van der Waals surface area contributed by atoms with Gasteiger partial charge in [0.2, 0.25) is 15.9 Å². The van der Waals surface area contributed by atoms with Crippen molar-refractivity contribution in [1.82, 2.24) is 19.1 Å². The fraction of sp³-hybridized carbons (Fsp3) is 0.571. The second-order valence-electron chi connectivity index (χ2n) is 10.4. The van der Waals surface area contributed by atoms with Crippen molar-refractivity contribution < 1.29 is 27.8 Å². The van der Waals surface area contributed by atoms with Crippen LogP contribution >= 0.6 is 0 Å². The second kappa shape index (κ2) is 12.3. The summed E-state index contributed by atoms with van der Waals surface area (Å²) in [7, 11) is -2.03. The van der Waals surface area contributed by atoms with Gasteiger partial charge in [0, 0.05) is 63.8 Å². The van der Waals surface area contributed by atoms with Crippen molar-refractivity contribution in [3.05, 3.63) is 52.8 Å². The van der Waals surface area contributed by atoms with Gasteiger partial charge in [-0.1, -0.05) is 6.07 Å². The molecule has 2 aliphatic heterocycles. The third kappa shape index (κ3) is 6.44. The molecule has 4 rings (SSSR count). The molecule has 0 unspecified atom stereocenters. The standard InChI is InChI=1S/C28H40N4O6S/c1-21-18-25(37-4)22(2)23(3)27(21)39(35,36)32-14-12-30(13-15-32)16-17-38-20-26(33)31-10-7-28(34,8-11-31)24-6-5-9-29-19-24/h5-6,9,18-19,34H,7-8,10-17,20H2,1-4H3. The van der Waals surface area contributed by atoms with E-state index in [0.29, 0.717) is 81.5 Å². The molecular weight excluding hydrogens is 520 g/mol. The summed E-state index contributed by atoms with van der Waals surface area (Å²) in [5.74, 6) is 0.610. The topological polar surface area (TPSA) is 113 Å². The number of sulfonamides is 1. The number of piperazine rings is 1. The number of hydrogen-bond acceptors (Lipinski definition) is 8. The van der Waals surface area contributed by atoms with Gasteiger partial charge in [-0.25, -0.2) is 8.42 Å². The Kier molecular flexibility index (Phi) is 9.28. The number of carbonyl (C=O) groups is 1. The molecule has 2 fully saturated rings. The lowest BCUT2D eigenvalue weighted by Crippen LogP contribution is -2.49. The number of ether oxygens (including phenoxy) is 2. The van der Waals surface area contributed by atoms with Crippen LogP contribution in [-0.2, 0) is 25.2 Å². The molecule has 3 heterocycles. The predicted molar refractivity (Wildman–Crippen MR) is 147 cm³/mol. The fourth-order valence-electron chi connectivity index (χ4n) is 5.45. The number of hydrogen-bond donors (Lipinski definition) is 1. The summed E-state index contributed by atoms with van der Waals surface area (Å²) in [4.78, 5) is 21.0. The van der Waals surface area contributed by atoms with Gasteiger partial charge in [-0.2, -0.15) is 4.31 Å². The summed E-state index contributed by atoms with van der Waals surface area (Å²) < 4.78 is 39.6. The van der Waals surface area contributed by atoms with Gasteiger partial charge in [0.1, 0.15) is 12.4 Å². The van der Waals surface area contributed by atoms with Crippen LogP contribution in [0.4, 0.5) is 0 Å². The Morgan fingerprint density at radius 2 is 1.77 bits per heavy atom. The summed E-state index contributed by atoms with van der Waals surface area (Å²) in [6.45, 7) is 9.47. The molecule has 1 aromatic carbocycles. The van der Waals surface area contributed by atoms with E-state index in [1.807, 2.05) is 26.8 Å². The van der Waals surface area contributed by atoms with Crippen LogP contribution in [-0.4, -0.2) is 105 Å². The van der Waals surface area contributed by atoms with Gasteiger partial charge in [-0.05, 0) is 62.4 Å². The van der Waals surface area contributed by atoms with E-state index in [1.165, 1.54) is 0 Å². The molecule has 1 aromatic heterocycles. The van der Waals surface area contributed by atoms with E-state index in [0.717, 1.165) is 16.7 Å². The van der Waals surface area contributed by atoms with Gasteiger partial charge in [-0.15, -0.1) is 0 Å². The number of nitrogens with zero attached hydrogens (tertiary/aromatic N) is 4. The zero-order valence-electron chi connectivity index (χ0n) is 23.4. The van der Waals surface area contributed by atoms with E-state index in [1.54, 1.807) is 40.8 Å². The van der Waals surface area contributed by atoms with Gasteiger partial charge in [0.15, 0.2) is 0 Å². The Labute approximate surface area is 231 Å². The maximum atomic E-state index is 13.5. The van der Waals surface area contributed by atoms with Crippen molar-refractivity contribution in [1.29, 1.82) is 0 Å². The largest absolute Gasteiger partial charge is 0.496 e. The number of rotatable bonds is 9. The van der Waals surface area contributed by atoms with Crippen molar-refractivity contribution in [2.45, 2.75) is 44.1 Å². The average molecular weight is 561 g/mol. The number of pyridine rings is 1. The quantitative estimate of drug-likeness (QED) is 0.463. The van der Waals surface area contributed by atoms with Crippen molar-refractivity contribution in [2.24, 2.45) is 0 Å². The number of aryl methyl sites for hydroxylation is 1. The van der Waals surface area contributed by atoms with Crippen LogP contribution in [0.3, 0.4) is 0 Å². The molecule has 2 aromatic rings. The molecule has 0 radical (unpaired) electrons. The Morgan fingerprint density at radius 1 is 1.08 bits per heavy atom. The van der Waals surface area contributed by atoms with Crippen LogP contribution in [0.5, 0.6) is 5.75 Å². The first kappa shape index (κ1) is 29.4. The molecule has 0 saturated carbocycles. The molecule has 0 atom stereocenters. The average Bonchev–Trinajstić information content (AvgIpc) is 2.94. The van der Waals surface area contributed by atoms with Gasteiger partial charge in [0.05, 0.1) is 24.2 Å². The minimum Gasteiger partial charge on any atom is -0.496 e. The lowest BCUT2D eigenvalue weighted by atomic mass is 9.85. The van der Waals surface area contributed by atoms with E-state index >= 15 is 0 Å². The maximum Gasteiger partial charge on any atom is 0.248 e. The Morgan fingerprint density at radius 3 is 2.38 bits per heavy atom. The zero-order valence-corrected chi connectivity index (χ0v) is 24.2. The van der Waals surface area contributed by atoms with Gasteiger partial charge in [0.25, 0.3) is 0 Å². The first-order chi connectivity index (χ1) is 18.6. The summed E-state index contributed by atoms with van der Waals surface area (Å²) in [5, 5.41) is 10.9. The van der Waals surface area contributed by atoms with Crippen LogP contribution in [0.2, 0.25) is 0 Å². The van der Waals surface area contributed by atoms with Crippen LogP contribution in [0.15, 0.2) is 35.5 Å². The van der Waals surface area contributed by atoms with E-state index in [-0.39, 0.29) is 12.5 Å². The summed E-state index contributed by atoms with van der Waals surface area (Å²) in [6, 6.07) is 5.46. The highest BCUT2D eigenvalue weighted by Crippen LogP contribution is 2.33. The third-order valence-corrected chi connectivity index (χ3v) is 10.2. The van der Waals surface area contributed by atoms with E-state index in [2.05, 4.69) is 9.88 Å². The van der Waals surface area contributed by atoms with Crippen LogP contribution < -0.4 is 4.74 Å². The van der Waals surface area contributed by atoms with Crippen molar-refractivity contribution in [3.63, 3.8) is 0 Å². The number of methoxy groups -OCH3 is 1. The molecule has 1 amide bonds. The van der Waals surface area contributed by atoms with E-state index in [4.69, 9.17) is 9.47 Å². The molecule has 2 saturated heterocycles. The van der Waals surface area contributed by atoms with Gasteiger partial charge in [-0.3, -0.25) is 14.7 Å². The highest BCUT2D eigenvalue weighted by atomic mass is 32.2. The first-order valence-corrected chi connectivity index (χ1v) is 14.9. The van der Waals surface area contributed by atoms with Gasteiger partial charge >= 0.3 is 0 Å². The molecule has 1 N–H and O–H groups in total. The molecule has 2 aliphatic rings. The lowest BCUT2D eigenvalue weighted by Gasteiger charge is -2.38. The molecule has 39 heavy (non-hydrogen) atoms. The molecular formula is C28H40N4O6S. The Balaban J connectivity index is 1.20. The molecule has 214 valence electrons. The smallest absolute Gasteiger partial charge is 0.248 e. The highest BCUT2D eigenvalue weighted by Gasteiger charge is 2.36. The Hall–Kier alpha value is -2.57. The predicted octanol–water partition coefficient (Wildman–Crippen LogP) is 1.85.